The minimum absolute atomic E-state index is 0.0506. The van der Waals surface area contributed by atoms with Crippen molar-refractivity contribution in [3.05, 3.63) is 76.3 Å². The van der Waals surface area contributed by atoms with Crippen molar-refractivity contribution in [1.29, 1.82) is 5.26 Å². The van der Waals surface area contributed by atoms with Crippen molar-refractivity contribution in [2.24, 2.45) is 5.41 Å². The summed E-state index contributed by atoms with van der Waals surface area (Å²) in [5.74, 6) is -0.162. The van der Waals surface area contributed by atoms with Crippen LogP contribution in [0.25, 0.3) is 0 Å². The van der Waals surface area contributed by atoms with Crippen LogP contribution in [0.3, 0.4) is 0 Å². The van der Waals surface area contributed by atoms with Crippen LogP contribution in [0.2, 0.25) is 0 Å². The highest BCUT2D eigenvalue weighted by atomic mass is 32.1. The van der Waals surface area contributed by atoms with E-state index in [1.54, 1.807) is 5.51 Å². The fourth-order valence-corrected chi connectivity index (χ4v) is 4.57. The van der Waals surface area contributed by atoms with Gasteiger partial charge in [-0.2, -0.15) is 5.26 Å². The van der Waals surface area contributed by atoms with Crippen molar-refractivity contribution in [2.75, 3.05) is 5.32 Å². The van der Waals surface area contributed by atoms with Crippen LogP contribution in [0.5, 0.6) is 0 Å². The smallest absolute Gasteiger partial charge is 0.233 e. The molecule has 1 N–H and O–H groups in total. The number of nitrogens with zero attached hydrogens (tertiary/aromatic N) is 3. The molecular weight excluding hydrogens is 356 g/mol. The average Bonchev–Trinajstić information content (AvgIpc) is 3.33. The Bertz CT molecular complexity index is 1010. The minimum atomic E-state index is -0.635. The van der Waals surface area contributed by atoms with Crippen molar-refractivity contribution in [3.63, 3.8) is 0 Å². The number of amides is 1. The summed E-state index contributed by atoms with van der Waals surface area (Å²) in [7, 11) is 0. The lowest BCUT2D eigenvalue weighted by atomic mass is 9.70. The third kappa shape index (κ3) is 2.90. The van der Waals surface area contributed by atoms with Crippen molar-refractivity contribution in [3.8, 4) is 6.07 Å². The Morgan fingerprint density at radius 2 is 2.15 bits per heavy atom. The van der Waals surface area contributed by atoms with Gasteiger partial charge in [-0.05, 0) is 41.7 Å². The molecule has 5 nitrogen and oxygen atoms in total. The second-order valence-electron chi connectivity index (χ2n) is 6.75. The molecule has 1 aliphatic carbocycles. The molecule has 0 spiro atoms. The summed E-state index contributed by atoms with van der Waals surface area (Å²) in [4.78, 5) is 13.4. The van der Waals surface area contributed by atoms with Gasteiger partial charge in [0.25, 0.3) is 0 Å². The fraction of sp³-hybridized carbons (Fsp3) is 0.238. The number of rotatable bonds is 4. The van der Waals surface area contributed by atoms with Crippen LogP contribution in [-0.2, 0) is 11.2 Å². The van der Waals surface area contributed by atoms with Crippen LogP contribution >= 0.6 is 11.3 Å². The summed E-state index contributed by atoms with van der Waals surface area (Å²) in [6.45, 7) is 2.05. The third-order valence-corrected chi connectivity index (χ3v) is 6.05. The molecule has 3 aromatic rings. The van der Waals surface area contributed by atoms with Gasteiger partial charge in [0, 0.05) is 5.92 Å². The molecule has 0 radical (unpaired) electrons. The quantitative estimate of drug-likeness (QED) is 0.745. The van der Waals surface area contributed by atoms with Crippen molar-refractivity contribution in [1.82, 2.24) is 10.2 Å². The number of aromatic nitrogens is 2. The van der Waals surface area contributed by atoms with Gasteiger partial charge < -0.3 is 5.32 Å². The van der Waals surface area contributed by atoms with Crippen LogP contribution in [0.15, 0.2) is 54.0 Å². The number of nitrogens with one attached hydrogen (secondary N) is 1. The Morgan fingerprint density at radius 1 is 1.33 bits per heavy atom. The number of hydrogen-bond acceptors (Lipinski definition) is 5. The molecular formula is C21H18N4OS. The van der Waals surface area contributed by atoms with Crippen molar-refractivity contribution >= 4 is 22.4 Å². The van der Waals surface area contributed by atoms with E-state index >= 15 is 0 Å². The average molecular weight is 374 g/mol. The number of carbonyl (C=O) groups is 1. The molecule has 134 valence electrons. The van der Waals surface area contributed by atoms with E-state index < -0.39 is 5.41 Å². The molecule has 1 aromatic heterocycles. The number of anilines is 1. The van der Waals surface area contributed by atoms with Crippen LogP contribution in [0.1, 0.15) is 41.5 Å². The maximum Gasteiger partial charge on any atom is 0.233 e. The lowest BCUT2D eigenvalue weighted by Gasteiger charge is -2.33. The zero-order valence-corrected chi connectivity index (χ0v) is 15.7. The normalized spacial score (nSPS) is 20.7. The lowest BCUT2D eigenvalue weighted by molar-refractivity contribution is -0.126. The number of fused-ring (bicyclic) bond motifs is 1. The van der Waals surface area contributed by atoms with Gasteiger partial charge in [0.05, 0.1) is 17.0 Å². The van der Waals surface area contributed by atoms with Crippen molar-refractivity contribution in [2.45, 2.75) is 25.7 Å². The highest BCUT2D eigenvalue weighted by molar-refractivity contribution is 7.13. The molecule has 0 bridgehead atoms. The van der Waals surface area contributed by atoms with Gasteiger partial charge in [0.2, 0.25) is 11.0 Å². The van der Waals surface area contributed by atoms with Gasteiger partial charge in [0.1, 0.15) is 5.51 Å². The zero-order chi connectivity index (χ0) is 18.9. The van der Waals surface area contributed by atoms with Gasteiger partial charge >= 0.3 is 0 Å². The first-order valence-electron chi connectivity index (χ1n) is 8.83. The van der Waals surface area contributed by atoms with Gasteiger partial charge in [-0.3, -0.25) is 4.79 Å². The Morgan fingerprint density at radius 3 is 2.81 bits per heavy atom. The number of hydrogen-bond donors (Lipinski definition) is 1. The lowest BCUT2D eigenvalue weighted by Crippen LogP contribution is -2.40. The van der Waals surface area contributed by atoms with Gasteiger partial charge in [-0.1, -0.05) is 54.7 Å². The third-order valence-electron chi connectivity index (χ3n) is 5.44. The largest absolute Gasteiger partial charge is 0.300 e. The standard InChI is InChI=1S/C21H18N4OS/c1-2-21(19(26)24-20-25-23-13-27-20)11-16-9-8-14(12-22)10-17(16)18(21)15-6-4-3-5-7-15/h3-10,13,18H,2,11H2,1H3,(H,24,25,26). The molecule has 0 aliphatic heterocycles. The topological polar surface area (TPSA) is 78.7 Å². The summed E-state index contributed by atoms with van der Waals surface area (Å²) < 4.78 is 0. The fourth-order valence-electron chi connectivity index (χ4n) is 4.13. The minimum Gasteiger partial charge on any atom is -0.300 e. The second kappa shape index (κ2) is 6.93. The summed E-state index contributed by atoms with van der Waals surface area (Å²) in [6, 6.07) is 18.0. The SMILES string of the molecule is CCC1(C(=O)Nc2nncs2)Cc2ccc(C#N)cc2C1c1ccccc1. The number of benzene rings is 2. The predicted octanol–water partition coefficient (Wildman–Crippen LogP) is 4.13. The molecule has 2 aromatic carbocycles. The maximum absolute atomic E-state index is 13.4. The molecule has 2 unspecified atom stereocenters. The predicted molar refractivity (Wildman–Crippen MR) is 104 cm³/mol. The summed E-state index contributed by atoms with van der Waals surface area (Å²) in [5.41, 5.74) is 4.85. The summed E-state index contributed by atoms with van der Waals surface area (Å²) in [5, 5.41) is 20.6. The van der Waals surface area contributed by atoms with Crippen LogP contribution < -0.4 is 5.32 Å². The molecule has 0 saturated carbocycles. The van der Waals surface area contributed by atoms with E-state index in [1.807, 2.05) is 43.3 Å². The molecule has 0 saturated heterocycles. The zero-order valence-electron chi connectivity index (χ0n) is 14.8. The van der Waals surface area contributed by atoms with E-state index in [0.717, 1.165) is 16.7 Å². The molecule has 0 fully saturated rings. The molecule has 2 atom stereocenters. The van der Waals surface area contributed by atoms with E-state index in [4.69, 9.17) is 0 Å². The van der Waals surface area contributed by atoms with Crippen LogP contribution in [-0.4, -0.2) is 16.1 Å². The first-order chi connectivity index (χ1) is 13.2. The Kier molecular flexibility index (Phi) is 4.46. The molecule has 1 heterocycles. The van der Waals surface area contributed by atoms with Crippen LogP contribution in [0.4, 0.5) is 5.13 Å². The highest BCUT2D eigenvalue weighted by Crippen LogP contribution is 2.53. The molecule has 6 heteroatoms. The summed E-state index contributed by atoms with van der Waals surface area (Å²) >= 11 is 1.31. The van der Waals surface area contributed by atoms with Crippen LogP contribution in [0, 0.1) is 16.7 Å². The monoisotopic (exact) mass is 374 g/mol. The molecule has 1 aliphatic rings. The van der Waals surface area contributed by atoms with E-state index in [2.05, 4.69) is 33.7 Å². The number of nitriles is 1. The van der Waals surface area contributed by atoms with Gasteiger partial charge in [-0.15, -0.1) is 10.2 Å². The van der Waals surface area contributed by atoms with E-state index in [9.17, 15) is 10.1 Å². The Labute approximate surface area is 161 Å². The molecule has 1 amide bonds. The van der Waals surface area contributed by atoms with E-state index in [-0.39, 0.29) is 11.8 Å². The highest BCUT2D eigenvalue weighted by Gasteiger charge is 2.51. The Hall–Kier alpha value is -3.04. The first-order valence-corrected chi connectivity index (χ1v) is 9.71. The second-order valence-corrected chi connectivity index (χ2v) is 7.59. The maximum atomic E-state index is 13.4. The van der Waals surface area contributed by atoms with Gasteiger partial charge in [0.15, 0.2) is 0 Å². The Balaban J connectivity index is 1.84. The molecule has 4 rings (SSSR count). The first kappa shape index (κ1) is 17.4. The van der Waals surface area contributed by atoms with E-state index in [0.29, 0.717) is 23.5 Å². The van der Waals surface area contributed by atoms with E-state index in [1.165, 1.54) is 11.3 Å². The molecule has 27 heavy (non-hydrogen) atoms. The van der Waals surface area contributed by atoms with Gasteiger partial charge in [-0.25, -0.2) is 0 Å². The number of carbonyl (C=O) groups excluding carboxylic acids is 1. The summed E-state index contributed by atoms with van der Waals surface area (Å²) in [6.07, 6.45) is 1.31. The van der Waals surface area contributed by atoms with Crippen molar-refractivity contribution < 1.29 is 4.79 Å².